The van der Waals surface area contributed by atoms with Crippen molar-refractivity contribution in [1.29, 1.82) is 0 Å². The Bertz CT molecular complexity index is 1100. The second-order valence-electron chi connectivity index (χ2n) is 5.36. The number of halogens is 1. The molecule has 136 valence electrons. The summed E-state index contributed by atoms with van der Waals surface area (Å²) in [5.41, 5.74) is 0.516. The summed E-state index contributed by atoms with van der Waals surface area (Å²) in [5, 5.41) is 2.33. The van der Waals surface area contributed by atoms with E-state index in [4.69, 9.17) is 0 Å². The third-order valence-corrected chi connectivity index (χ3v) is 7.99. The smallest absolute Gasteiger partial charge is 0.272 e. The van der Waals surface area contributed by atoms with Crippen molar-refractivity contribution >= 4 is 59.1 Å². The zero-order valence-electron chi connectivity index (χ0n) is 13.6. The molecule has 0 aliphatic carbocycles. The number of thiophene rings is 1. The fourth-order valence-electron chi connectivity index (χ4n) is 2.33. The first-order chi connectivity index (χ1) is 12.4. The van der Waals surface area contributed by atoms with Gasteiger partial charge >= 0.3 is 0 Å². The van der Waals surface area contributed by atoms with Gasteiger partial charge in [-0.3, -0.25) is 9.36 Å². The van der Waals surface area contributed by atoms with E-state index in [9.17, 15) is 13.2 Å². The first kappa shape index (κ1) is 19.3. The van der Waals surface area contributed by atoms with Crippen molar-refractivity contribution in [3.05, 3.63) is 63.2 Å². The second-order valence-corrected chi connectivity index (χ2v) is 10.4. The molecule has 0 fully saturated rings. The lowest BCUT2D eigenvalue weighted by Crippen LogP contribution is -2.22. The molecule has 3 aromatic rings. The Kier molecular flexibility index (Phi) is 6.01. The molecule has 0 amide bonds. The van der Waals surface area contributed by atoms with E-state index in [0.717, 1.165) is 4.47 Å². The summed E-state index contributed by atoms with van der Waals surface area (Å²) in [5.74, 6) is 0.266. The van der Waals surface area contributed by atoms with Crippen LogP contribution in [-0.4, -0.2) is 29.5 Å². The number of thioether (sulfide) groups is 1. The Morgan fingerprint density at radius 2 is 2.00 bits per heavy atom. The molecule has 0 spiro atoms. The summed E-state index contributed by atoms with van der Waals surface area (Å²) >= 11 is 5.91. The maximum absolute atomic E-state index is 12.6. The molecule has 0 bridgehead atoms. The Morgan fingerprint density at radius 3 is 2.69 bits per heavy atom. The minimum absolute atomic E-state index is 0.0368. The van der Waals surface area contributed by atoms with Gasteiger partial charge < -0.3 is 0 Å². The Morgan fingerprint density at radius 1 is 1.27 bits per heavy atom. The van der Waals surface area contributed by atoms with E-state index < -0.39 is 9.84 Å². The SMILES string of the molecule is C=CCn1c(SCCS(=O)(=O)c2ccc(Br)cc2)nc2ccsc2c1=O. The Hall–Kier alpha value is -1.42. The van der Waals surface area contributed by atoms with E-state index >= 15 is 0 Å². The van der Waals surface area contributed by atoms with Crippen LogP contribution >= 0.6 is 39.0 Å². The van der Waals surface area contributed by atoms with Gasteiger partial charge in [-0.05, 0) is 35.7 Å². The van der Waals surface area contributed by atoms with Gasteiger partial charge in [-0.25, -0.2) is 13.4 Å². The average molecular weight is 471 g/mol. The lowest BCUT2D eigenvalue weighted by molar-refractivity contribution is 0.597. The molecule has 0 N–H and O–H groups in total. The first-order valence-corrected chi connectivity index (χ1v) is 11.9. The van der Waals surface area contributed by atoms with Crippen LogP contribution in [0.15, 0.2) is 67.7 Å². The van der Waals surface area contributed by atoms with Crippen molar-refractivity contribution in [2.24, 2.45) is 0 Å². The molecule has 0 unspecified atom stereocenters. The number of rotatable bonds is 7. The molecule has 5 nitrogen and oxygen atoms in total. The summed E-state index contributed by atoms with van der Waals surface area (Å²) in [6, 6.07) is 8.35. The minimum atomic E-state index is -3.39. The highest BCUT2D eigenvalue weighted by atomic mass is 79.9. The van der Waals surface area contributed by atoms with Gasteiger partial charge in [-0.1, -0.05) is 33.8 Å². The number of sulfone groups is 1. The first-order valence-electron chi connectivity index (χ1n) is 7.62. The number of benzene rings is 1. The zero-order chi connectivity index (χ0) is 18.7. The summed E-state index contributed by atoms with van der Waals surface area (Å²) in [6.07, 6.45) is 1.63. The molecule has 0 aliphatic heterocycles. The van der Waals surface area contributed by atoms with Crippen LogP contribution in [0.1, 0.15) is 0 Å². The molecule has 3 rings (SSSR count). The molecule has 1 aromatic carbocycles. The third-order valence-electron chi connectivity index (χ3n) is 3.60. The number of fused-ring (bicyclic) bond motifs is 1. The van der Waals surface area contributed by atoms with Crippen LogP contribution in [0.4, 0.5) is 0 Å². The molecule has 0 atom stereocenters. The van der Waals surface area contributed by atoms with Gasteiger partial charge in [0.1, 0.15) is 4.70 Å². The van der Waals surface area contributed by atoms with Crippen molar-refractivity contribution in [2.45, 2.75) is 16.6 Å². The van der Waals surface area contributed by atoms with E-state index in [1.54, 1.807) is 36.4 Å². The largest absolute Gasteiger partial charge is 0.283 e. The lowest BCUT2D eigenvalue weighted by atomic mass is 10.4. The quantitative estimate of drug-likeness (QED) is 0.296. The van der Waals surface area contributed by atoms with Crippen LogP contribution in [0.2, 0.25) is 0 Å². The summed E-state index contributed by atoms with van der Waals surface area (Å²) in [7, 11) is -3.39. The van der Waals surface area contributed by atoms with Gasteiger partial charge in [-0.15, -0.1) is 17.9 Å². The number of hydrogen-bond donors (Lipinski definition) is 0. The summed E-state index contributed by atoms with van der Waals surface area (Å²) in [6.45, 7) is 4.01. The minimum Gasteiger partial charge on any atom is -0.283 e. The van der Waals surface area contributed by atoms with Gasteiger partial charge in [0.2, 0.25) is 0 Å². The Balaban J connectivity index is 1.81. The molecule has 0 saturated carbocycles. The maximum Gasteiger partial charge on any atom is 0.272 e. The Labute approximate surface area is 167 Å². The van der Waals surface area contributed by atoms with Crippen molar-refractivity contribution in [1.82, 2.24) is 9.55 Å². The molecule has 2 aromatic heterocycles. The van der Waals surface area contributed by atoms with Crippen molar-refractivity contribution in [2.75, 3.05) is 11.5 Å². The van der Waals surface area contributed by atoms with E-state index in [1.165, 1.54) is 27.7 Å². The third kappa shape index (κ3) is 4.11. The molecule has 26 heavy (non-hydrogen) atoms. The van der Waals surface area contributed by atoms with Gasteiger partial charge in [0.05, 0.1) is 16.2 Å². The van der Waals surface area contributed by atoms with Crippen molar-refractivity contribution < 1.29 is 8.42 Å². The van der Waals surface area contributed by atoms with E-state index in [0.29, 0.717) is 27.7 Å². The predicted molar refractivity (Wildman–Crippen MR) is 111 cm³/mol. The van der Waals surface area contributed by atoms with Crippen LogP contribution in [-0.2, 0) is 16.4 Å². The van der Waals surface area contributed by atoms with E-state index in [-0.39, 0.29) is 16.2 Å². The molecule has 2 heterocycles. The highest BCUT2D eigenvalue weighted by Gasteiger charge is 2.16. The molecule has 0 saturated heterocycles. The van der Waals surface area contributed by atoms with Crippen LogP contribution in [0.5, 0.6) is 0 Å². The van der Waals surface area contributed by atoms with Gasteiger partial charge in [0.15, 0.2) is 15.0 Å². The molecular weight excluding hydrogens is 456 g/mol. The van der Waals surface area contributed by atoms with Crippen molar-refractivity contribution in [3.8, 4) is 0 Å². The van der Waals surface area contributed by atoms with Crippen LogP contribution in [0, 0.1) is 0 Å². The fraction of sp³-hybridized carbons (Fsp3) is 0.176. The number of hydrogen-bond acceptors (Lipinski definition) is 6. The summed E-state index contributed by atoms with van der Waals surface area (Å²) in [4.78, 5) is 17.4. The molecular formula is C17H15BrN2O3S3. The number of allylic oxidation sites excluding steroid dienone is 1. The van der Waals surface area contributed by atoms with Crippen LogP contribution in [0.3, 0.4) is 0 Å². The normalized spacial score (nSPS) is 11.7. The molecule has 9 heteroatoms. The van der Waals surface area contributed by atoms with E-state index in [2.05, 4.69) is 27.5 Å². The molecule has 0 aliphatic rings. The zero-order valence-corrected chi connectivity index (χ0v) is 17.6. The maximum atomic E-state index is 12.6. The highest BCUT2D eigenvalue weighted by Crippen LogP contribution is 2.22. The topological polar surface area (TPSA) is 69.0 Å². The van der Waals surface area contributed by atoms with E-state index in [1.807, 2.05) is 5.38 Å². The summed E-state index contributed by atoms with van der Waals surface area (Å²) < 4.78 is 27.9. The highest BCUT2D eigenvalue weighted by molar-refractivity contribution is 9.10. The van der Waals surface area contributed by atoms with Crippen LogP contribution in [0.25, 0.3) is 10.2 Å². The molecule has 0 radical (unpaired) electrons. The number of nitrogens with zero attached hydrogens (tertiary/aromatic N) is 2. The average Bonchev–Trinajstić information content (AvgIpc) is 3.07. The van der Waals surface area contributed by atoms with Crippen LogP contribution < -0.4 is 5.56 Å². The van der Waals surface area contributed by atoms with Gasteiger partial charge in [0.25, 0.3) is 5.56 Å². The predicted octanol–water partition coefficient (Wildman–Crippen LogP) is 3.97. The monoisotopic (exact) mass is 470 g/mol. The standard InChI is InChI=1S/C17H15BrN2O3S3/c1-2-8-20-16(21)15-14(7-9-24-15)19-17(20)25-10-11-26(22,23)13-5-3-12(18)4-6-13/h2-7,9H,1,8,10-11H2. The lowest BCUT2D eigenvalue weighted by Gasteiger charge is -2.10. The van der Waals surface area contributed by atoms with Crippen molar-refractivity contribution in [3.63, 3.8) is 0 Å². The van der Waals surface area contributed by atoms with Gasteiger partial charge in [0, 0.05) is 16.8 Å². The fourth-order valence-corrected chi connectivity index (χ4v) is 6.03. The van der Waals surface area contributed by atoms with Gasteiger partial charge in [-0.2, -0.15) is 0 Å². The number of aromatic nitrogens is 2. The second kappa shape index (κ2) is 8.08.